The van der Waals surface area contributed by atoms with Gasteiger partial charge in [0.2, 0.25) is 5.78 Å². The number of ketones is 1. The van der Waals surface area contributed by atoms with Gasteiger partial charge >= 0.3 is 0 Å². The molecule has 0 aliphatic heterocycles. The molecule has 0 unspecified atom stereocenters. The number of likely N-dealkylation sites (N-methyl/N-ethyl adjacent to an activating group) is 1. The number of nitro benzene ring substituents is 1. The van der Waals surface area contributed by atoms with E-state index >= 15 is 0 Å². The Labute approximate surface area is 207 Å². The number of phenolic OH excluding ortho intramolecular Hbond substituents is 1. The van der Waals surface area contributed by atoms with Crippen molar-refractivity contribution in [3.05, 3.63) is 75.0 Å². The summed E-state index contributed by atoms with van der Waals surface area (Å²) in [5.74, 6) is -1.35. The lowest BCUT2D eigenvalue weighted by molar-refractivity contribution is -0.385. The number of anilines is 1. The smallest absolute Gasteiger partial charge is 0.280 e. The van der Waals surface area contributed by atoms with E-state index in [1.807, 2.05) is 47.6 Å². The van der Waals surface area contributed by atoms with E-state index in [-0.39, 0.29) is 33.4 Å². The fraction of sp³-hybridized carbons (Fsp3) is 0.407. The topological polar surface area (TPSA) is 104 Å². The van der Waals surface area contributed by atoms with Crippen LogP contribution < -0.4 is 4.90 Å². The van der Waals surface area contributed by atoms with E-state index < -0.39 is 16.6 Å². The van der Waals surface area contributed by atoms with Gasteiger partial charge < -0.3 is 14.9 Å². The summed E-state index contributed by atoms with van der Waals surface area (Å²) in [5.41, 5.74) is 0.522. The Bertz CT molecular complexity index is 1180. The molecule has 8 nitrogen and oxygen atoms in total. The number of hydrogen-bond acceptors (Lipinski definition) is 6. The van der Waals surface area contributed by atoms with Crippen LogP contribution in [0, 0.1) is 10.1 Å². The summed E-state index contributed by atoms with van der Waals surface area (Å²) in [6, 6.07) is 8.99. The van der Waals surface area contributed by atoms with Crippen molar-refractivity contribution in [1.82, 2.24) is 4.90 Å². The number of nitro groups is 1. The monoisotopic (exact) mass is 481 g/mol. The standard InChI is InChI=1S/C27H35N3O5/c1-26(2,3)19-14-20(27(4,5)6)23(31)15-22(19)29(9)25(33)18(16-28(7)8)24(32)17-12-10-11-13-21(17)30(34)35/h10-16,31H,1-9H3/b18-16-. The van der Waals surface area contributed by atoms with E-state index in [4.69, 9.17) is 0 Å². The second kappa shape index (κ2) is 9.90. The van der Waals surface area contributed by atoms with Gasteiger partial charge in [-0.05, 0) is 34.1 Å². The third-order valence-electron chi connectivity index (χ3n) is 5.60. The third-order valence-corrected chi connectivity index (χ3v) is 5.60. The van der Waals surface area contributed by atoms with E-state index in [9.17, 15) is 24.8 Å². The van der Waals surface area contributed by atoms with Gasteiger partial charge in [0.25, 0.3) is 11.6 Å². The molecule has 0 spiro atoms. The Balaban J connectivity index is 2.69. The first-order valence-electron chi connectivity index (χ1n) is 11.3. The first kappa shape index (κ1) is 27.6. The number of carbonyl (C=O) groups excluding carboxylic acids is 2. The highest BCUT2D eigenvalue weighted by atomic mass is 16.6. The maximum Gasteiger partial charge on any atom is 0.280 e. The molecule has 35 heavy (non-hydrogen) atoms. The SMILES string of the molecule is CN(C)/C=C(/C(=O)c1ccccc1[N+](=O)[O-])C(=O)N(C)c1cc(O)c(C(C)(C)C)cc1C(C)(C)C. The minimum Gasteiger partial charge on any atom is -0.508 e. The maximum absolute atomic E-state index is 13.7. The van der Waals surface area contributed by atoms with E-state index in [1.165, 1.54) is 42.4 Å². The van der Waals surface area contributed by atoms with Gasteiger partial charge in [-0.15, -0.1) is 0 Å². The number of aromatic hydroxyl groups is 1. The van der Waals surface area contributed by atoms with Crippen molar-refractivity contribution in [2.45, 2.75) is 52.4 Å². The van der Waals surface area contributed by atoms with Crippen LogP contribution in [0.25, 0.3) is 0 Å². The predicted molar refractivity (Wildman–Crippen MR) is 138 cm³/mol. The van der Waals surface area contributed by atoms with Gasteiger partial charge in [-0.2, -0.15) is 0 Å². The molecule has 0 aromatic heterocycles. The van der Waals surface area contributed by atoms with Gasteiger partial charge in [-0.1, -0.05) is 53.7 Å². The zero-order valence-corrected chi connectivity index (χ0v) is 22.0. The molecule has 0 heterocycles. The van der Waals surface area contributed by atoms with E-state index in [0.717, 1.165) is 11.1 Å². The summed E-state index contributed by atoms with van der Waals surface area (Å²) in [4.78, 5) is 40.8. The number of amides is 1. The quantitative estimate of drug-likeness (QED) is 0.152. The molecule has 0 bridgehead atoms. The molecule has 0 saturated heterocycles. The molecule has 0 atom stereocenters. The van der Waals surface area contributed by atoms with E-state index in [2.05, 4.69) is 0 Å². The van der Waals surface area contributed by atoms with Gasteiger partial charge in [0.1, 0.15) is 16.9 Å². The Morgan fingerprint density at radius 3 is 1.97 bits per heavy atom. The second-order valence-electron chi connectivity index (χ2n) is 10.9. The van der Waals surface area contributed by atoms with Crippen LogP contribution in [0.4, 0.5) is 11.4 Å². The molecule has 0 fully saturated rings. The highest BCUT2D eigenvalue weighted by Gasteiger charge is 2.32. The van der Waals surface area contributed by atoms with Gasteiger partial charge in [0.15, 0.2) is 0 Å². The zero-order valence-electron chi connectivity index (χ0n) is 22.0. The summed E-state index contributed by atoms with van der Waals surface area (Å²) in [6.45, 7) is 12.0. The Morgan fingerprint density at radius 2 is 1.49 bits per heavy atom. The molecule has 8 heteroatoms. The third kappa shape index (κ3) is 6.07. The second-order valence-corrected chi connectivity index (χ2v) is 10.9. The summed E-state index contributed by atoms with van der Waals surface area (Å²) in [7, 11) is 4.84. The van der Waals surface area contributed by atoms with Crippen LogP contribution in [0.15, 0.2) is 48.2 Å². The molecule has 0 saturated carbocycles. The predicted octanol–water partition coefficient (Wildman–Crippen LogP) is 5.19. The van der Waals surface area contributed by atoms with Gasteiger partial charge in [0, 0.05) is 39.5 Å². The van der Waals surface area contributed by atoms with Crippen LogP contribution in [-0.4, -0.2) is 47.8 Å². The number of rotatable bonds is 6. The molecule has 0 aliphatic rings. The molecule has 0 radical (unpaired) electrons. The largest absolute Gasteiger partial charge is 0.508 e. The number of carbonyl (C=O) groups is 2. The lowest BCUT2D eigenvalue weighted by Crippen LogP contribution is -2.34. The lowest BCUT2D eigenvalue weighted by Gasteiger charge is -2.31. The number of benzene rings is 2. The molecule has 1 amide bonds. The van der Waals surface area contributed by atoms with Crippen LogP contribution >= 0.6 is 0 Å². The van der Waals surface area contributed by atoms with E-state index in [0.29, 0.717) is 5.69 Å². The van der Waals surface area contributed by atoms with Crippen LogP contribution in [0.1, 0.15) is 63.0 Å². The average Bonchev–Trinajstić information content (AvgIpc) is 2.73. The Hall–Kier alpha value is -3.68. The number of nitrogens with zero attached hydrogens (tertiary/aromatic N) is 3. The molecule has 188 valence electrons. The van der Waals surface area contributed by atoms with Crippen molar-refractivity contribution >= 4 is 23.1 Å². The highest BCUT2D eigenvalue weighted by Crippen LogP contribution is 2.41. The fourth-order valence-corrected chi connectivity index (χ4v) is 3.79. The highest BCUT2D eigenvalue weighted by molar-refractivity contribution is 6.30. The minimum atomic E-state index is -0.754. The summed E-state index contributed by atoms with van der Waals surface area (Å²) in [6.07, 6.45) is 1.36. The fourth-order valence-electron chi connectivity index (χ4n) is 3.79. The van der Waals surface area contributed by atoms with Gasteiger partial charge in [-0.3, -0.25) is 19.7 Å². The molecule has 1 N–H and O–H groups in total. The minimum absolute atomic E-state index is 0.0447. The summed E-state index contributed by atoms with van der Waals surface area (Å²) >= 11 is 0. The van der Waals surface area contributed by atoms with E-state index in [1.54, 1.807) is 25.1 Å². The summed E-state index contributed by atoms with van der Waals surface area (Å²) in [5, 5.41) is 22.3. The zero-order chi connectivity index (χ0) is 26.9. The average molecular weight is 482 g/mol. The first-order chi connectivity index (χ1) is 16.0. The molecular formula is C27H35N3O5. The maximum atomic E-state index is 13.7. The number of hydrogen-bond donors (Lipinski definition) is 1. The van der Waals surface area contributed by atoms with Gasteiger partial charge in [-0.25, -0.2) is 0 Å². The summed E-state index contributed by atoms with van der Waals surface area (Å²) < 4.78 is 0. The number of Topliss-reactive ketones (excluding diaryl/α,β-unsaturated/α-hetero) is 1. The van der Waals surface area contributed by atoms with Crippen molar-refractivity contribution in [3.8, 4) is 5.75 Å². The van der Waals surface area contributed by atoms with Crippen LogP contribution in [0.3, 0.4) is 0 Å². The van der Waals surface area contributed by atoms with Crippen molar-refractivity contribution in [2.24, 2.45) is 0 Å². The number of para-hydroxylation sites is 1. The molecule has 2 aromatic carbocycles. The van der Waals surface area contributed by atoms with Crippen LogP contribution in [-0.2, 0) is 15.6 Å². The van der Waals surface area contributed by atoms with Crippen molar-refractivity contribution in [2.75, 3.05) is 26.0 Å². The van der Waals surface area contributed by atoms with Crippen molar-refractivity contribution in [3.63, 3.8) is 0 Å². The Morgan fingerprint density at radius 1 is 0.943 bits per heavy atom. The molecule has 0 aliphatic carbocycles. The van der Waals surface area contributed by atoms with Crippen LogP contribution in [0.5, 0.6) is 5.75 Å². The van der Waals surface area contributed by atoms with Crippen molar-refractivity contribution in [1.29, 1.82) is 0 Å². The normalized spacial score (nSPS) is 12.3. The molecule has 2 aromatic rings. The molecular weight excluding hydrogens is 446 g/mol. The Kier molecular flexibility index (Phi) is 7.79. The molecule has 2 rings (SSSR count). The first-order valence-corrected chi connectivity index (χ1v) is 11.3. The lowest BCUT2D eigenvalue weighted by atomic mass is 9.79. The van der Waals surface area contributed by atoms with Crippen LogP contribution in [0.2, 0.25) is 0 Å². The number of phenols is 1. The van der Waals surface area contributed by atoms with Crippen molar-refractivity contribution < 1.29 is 19.6 Å². The van der Waals surface area contributed by atoms with Gasteiger partial charge in [0.05, 0.1) is 10.6 Å².